The fourth-order valence-corrected chi connectivity index (χ4v) is 0.377. The highest BCUT2D eigenvalue weighted by molar-refractivity contribution is 5.82. The molecule has 0 bridgehead atoms. The molecule has 0 aliphatic carbocycles. The van der Waals surface area contributed by atoms with Gasteiger partial charge in [0.15, 0.2) is 0 Å². The zero-order valence-corrected chi connectivity index (χ0v) is 3.92. The molecule has 0 unspecified atom stereocenters. The standard InChI is InChI=1S/C4H3N2O2/c7-4(8)3-5-1-2-6-3/h1-2H,(H,5,6). The maximum absolute atomic E-state index is 9.86. The second-order valence-electron chi connectivity index (χ2n) is 1.23. The Kier molecular flexibility index (Phi) is 0.997. The molecule has 0 saturated heterocycles. The Bertz CT molecular complexity index is 180. The van der Waals surface area contributed by atoms with Crippen LogP contribution in [0.2, 0.25) is 0 Å². The lowest BCUT2D eigenvalue weighted by Gasteiger charge is -1.74. The third-order valence-electron chi connectivity index (χ3n) is 0.692. The molecule has 1 radical (unpaired) electrons. The van der Waals surface area contributed by atoms with Crippen LogP contribution in [0.4, 0.5) is 0 Å². The number of hydrogen-bond acceptors (Lipinski definition) is 2. The van der Waals surface area contributed by atoms with E-state index in [1.807, 2.05) is 0 Å². The Labute approximate surface area is 45.2 Å². The van der Waals surface area contributed by atoms with Crippen LogP contribution in [0.5, 0.6) is 0 Å². The molecule has 0 aromatic carbocycles. The van der Waals surface area contributed by atoms with Crippen molar-refractivity contribution in [2.24, 2.45) is 0 Å². The van der Waals surface area contributed by atoms with Crippen LogP contribution >= 0.6 is 0 Å². The van der Waals surface area contributed by atoms with Gasteiger partial charge in [-0.1, -0.05) is 0 Å². The second kappa shape index (κ2) is 1.65. The monoisotopic (exact) mass is 111 g/mol. The molecule has 4 heteroatoms. The molecule has 0 aliphatic rings. The predicted octanol–water partition coefficient (Wildman–Crippen LogP) is -0.0196. The van der Waals surface area contributed by atoms with E-state index in [2.05, 4.69) is 9.97 Å². The largest absolute Gasteiger partial charge is 0.421 e. The smallest absolute Gasteiger partial charge is 0.339 e. The van der Waals surface area contributed by atoms with Gasteiger partial charge in [-0.25, -0.2) is 14.9 Å². The van der Waals surface area contributed by atoms with Crippen molar-refractivity contribution in [3.8, 4) is 0 Å². The van der Waals surface area contributed by atoms with Crippen molar-refractivity contribution in [2.75, 3.05) is 0 Å². The van der Waals surface area contributed by atoms with Crippen LogP contribution in [-0.2, 0) is 5.11 Å². The Morgan fingerprint density at radius 3 is 2.75 bits per heavy atom. The zero-order valence-electron chi connectivity index (χ0n) is 3.92. The van der Waals surface area contributed by atoms with Crippen molar-refractivity contribution in [3.05, 3.63) is 18.2 Å². The molecular weight excluding hydrogens is 108 g/mol. The highest BCUT2D eigenvalue weighted by atomic mass is 16.4. The molecule has 1 rings (SSSR count). The molecule has 1 aromatic heterocycles. The molecule has 41 valence electrons. The van der Waals surface area contributed by atoms with E-state index in [1.54, 1.807) is 0 Å². The number of rotatable bonds is 1. The number of aromatic nitrogens is 2. The fraction of sp³-hybridized carbons (Fsp3) is 0. The lowest BCUT2D eigenvalue weighted by molar-refractivity contribution is 0.0560. The summed E-state index contributed by atoms with van der Waals surface area (Å²) in [6, 6.07) is 0. The van der Waals surface area contributed by atoms with Crippen molar-refractivity contribution in [1.82, 2.24) is 9.97 Å². The van der Waals surface area contributed by atoms with Gasteiger partial charge >= 0.3 is 5.97 Å². The highest BCUT2D eigenvalue weighted by Crippen LogP contribution is 1.85. The first-order valence-electron chi connectivity index (χ1n) is 2.01. The molecule has 0 fully saturated rings. The summed E-state index contributed by atoms with van der Waals surface area (Å²) in [6.07, 6.45) is 2.77. The van der Waals surface area contributed by atoms with Crippen molar-refractivity contribution in [3.63, 3.8) is 0 Å². The summed E-state index contributed by atoms with van der Waals surface area (Å²) in [6.45, 7) is 0. The van der Waals surface area contributed by atoms with Crippen LogP contribution in [0, 0.1) is 0 Å². The molecule has 8 heavy (non-hydrogen) atoms. The summed E-state index contributed by atoms with van der Waals surface area (Å²) in [4.78, 5) is 15.6. The first-order chi connectivity index (χ1) is 3.80. The maximum atomic E-state index is 9.86. The van der Waals surface area contributed by atoms with Gasteiger partial charge in [-0.3, -0.25) is 0 Å². The van der Waals surface area contributed by atoms with E-state index in [-0.39, 0.29) is 5.82 Å². The van der Waals surface area contributed by atoms with Gasteiger partial charge in [-0.05, 0) is 0 Å². The molecule has 1 heterocycles. The number of carbonyl (C=O) groups excluding carboxylic acids is 1. The number of carbonyl (C=O) groups is 1. The van der Waals surface area contributed by atoms with Crippen molar-refractivity contribution in [2.45, 2.75) is 0 Å². The number of imidazole rings is 1. The Balaban J connectivity index is 2.93. The van der Waals surface area contributed by atoms with Gasteiger partial charge in [0.25, 0.3) is 0 Å². The third-order valence-corrected chi connectivity index (χ3v) is 0.692. The number of H-pyrrole nitrogens is 1. The number of aromatic amines is 1. The van der Waals surface area contributed by atoms with Gasteiger partial charge in [-0.15, -0.1) is 0 Å². The summed E-state index contributed by atoms with van der Waals surface area (Å²) >= 11 is 0. The zero-order chi connectivity index (χ0) is 5.98. The number of nitrogens with zero attached hydrogens (tertiary/aromatic N) is 1. The molecule has 0 aliphatic heterocycles. The van der Waals surface area contributed by atoms with Crippen molar-refractivity contribution < 1.29 is 9.90 Å². The van der Waals surface area contributed by atoms with Crippen LogP contribution in [0.25, 0.3) is 0 Å². The van der Waals surface area contributed by atoms with Gasteiger partial charge < -0.3 is 4.98 Å². The van der Waals surface area contributed by atoms with Gasteiger partial charge in [0, 0.05) is 12.4 Å². The average Bonchev–Trinajstić information content (AvgIpc) is 2.12. The highest BCUT2D eigenvalue weighted by Gasteiger charge is 2.04. The van der Waals surface area contributed by atoms with Crippen LogP contribution in [-0.4, -0.2) is 15.9 Å². The van der Waals surface area contributed by atoms with E-state index in [1.165, 1.54) is 12.4 Å². The summed E-state index contributed by atoms with van der Waals surface area (Å²) in [7, 11) is 0. The first kappa shape index (κ1) is 4.83. The van der Waals surface area contributed by atoms with E-state index in [4.69, 9.17) is 0 Å². The van der Waals surface area contributed by atoms with Crippen LogP contribution in [0.3, 0.4) is 0 Å². The number of nitrogens with one attached hydrogen (secondary N) is 1. The maximum Gasteiger partial charge on any atom is 0.421 e. The van der Waals surface area contributed by atoms with Gasteiger partial charge in [0.05, 0.1) is 0 Å². The normalized spacial score (nSPS) is 9.00. The van der Waals surface area contributed by atoms with Crippen LogP contribution in [0.1, 0.15) is 10.6 Å². The van der Waals surface area contributed by atoms with Gasteiger partial charge in [-0.2, -0.15) is 0 Å². The number of hydrogen-bond donors (Lipinski definition) is 1. The molecule has 4 nitrogen and oxygen atoms in total. The van der Waals surface area contributed by atoms with Crippen LogP contribution < -0.4 is 0 Å². The molecule has 0 saturated carbocycles. The quantitative estimate of drug-likeness (QED) is 0.553. The Morgan fingerprint density at radius 1 is 1.75 bits per heavy atom. The lowest BCUT2D eigenvalue weighted by atomic mass is 10.7. The summed E-state index contributed by atoms with van der Waals surface area (Å²) in [5.41, 5.74) is 0. The topological polar surface area (TPSA) is 65.7 Å². The molecule has 0 amide bonds. The minimum atomic E-state index is -1.28. The third kappa shape index (κ3) is 0.676. The molecule has 0 atom stereocenters. The first-order valence-corrected chi connectivity index (χ1v) is 2.01. The second-order valence-corrected chi connectivity index (χ2v) is 1.23. The molecule has 1 N–H and O–H groups in total. The average molecular weight is 111 g/mol. The fourth-order valence-electron chi connectivity index (χ4n) is 0.377. The van der Waals surface area contributed by atoms with Gasteiger partial charge in [0.1, 0.15) is 0 Å². The molecule has 1 aromatic rings. The Morgan fingerprint density at radius 2 is 2.50 bits per heavy atom. The van der Waals surface area contributed by atoms with Crippen molar-refractivity contribution >= 4 is 5.97 Å². The lowest BCUT2D eigenvalue weighted by Crippen LogP contribution is -1.95. The Hall–Kier alpha value is -1.32. The van der Waals surface area contributed by atoms with E-state index in [0.29, 0.717) is 0 Å². The SMILES string of the molecule is [O]C(=O)c1ncc[nH]1. The van der Waals surface area contributed by atoms with Crippen molar-refractivity contribution in [1.29, 1.82) is 0 Å². The van der Waals surface area contributed by atoms with E-state index in [9.17, 15) is 9.90 Å². The van der Waals surface area contributed by atoms with E-state index < -0.39 is 5.97 Å². The van der Waals surface area contributed by atoms with Gasteiger partial charge in [0.2, 0.25) is 5.82 Å². The summed E-state index contributed by atoms with van der Waals surface area (Å²) in [5, 5.41) is 9.86. The predicted molar refractivity (Wildman–Crippen MR) is 23.6 cm³/mol. The van der Waals surface area contributed by atoms with E-state index >= 15 is 0 Å². The minimum absolute atomic E-state index is 0.134. The summed E-state index contributed by atoms with van der Waals surface area (Å²) < 4.78 is 0. The molecular formula is C4H3N2O2. The summed E-state index contributed by atoms with van der Waals surface area (Å²) in [5.74, 6) is -1.42. The molecule has 0 spiro atoms. The van der Waals surface area contributed by atoms with E-state index in [0.717, 1.165) is 0 Å². The van der Waals surface area contributed by atoms with Crippen LogP contribution in [0.15, 0.2) is 12.4 Å². The minimum Gasteiger partial charge on any atom is -0.339 e.